The lowest BCUT2D eigenvalue weighted by Crippen LogP contribution is -2.61. The number of halogens is 7. The third kappa shape index (κ3) is 6.28. The van der Waals surface area contributed by atoms with Crippen molar-refractivity contribution in [3.63, 3.8) is 0 Å². The van der Waals surface area contributed by atoms with Crippen LogP contribution in [0.3, 0.4) is 0 Å². The molecule has 0 aliphatic heterocycles. The Hall–Kier alpha value is -1.94. The average molecular weight is 476 g/mol. The van der Waals surface area contributed by atoms with Crippen molar-refractivity contribution >= 4 is 22.0 Å². The van der Waals surface area contributed by atoms with Gasteiger partial charge in [-0.3, -0.25) is 4.79 Å². The second-order valence-electron chi connectivity index (χ2n) is 5.62. The summed E-state index contributed by atoms with van der Waals surface area (Å²) in [5.41, 5.74) is 0. The first-order chi connectivity index (χ1) is 13.4. The van der Waals surface area contributed by atoms with E-state index in [4.69, 9.17) is 0 Å². The van der Waals surface area contributed by atoms with E-state index in [0.717, 1.165) is 0 Å². The van der Waals surface area contributed by atoms with E-state index >= 15 is 0 Å². The molecule has 0 aromatic heterocycles. The molecule has 0 saturated carbocycles. The summed E-state index contributed by atoms with van der Waals surface area (Å²) < 4.78 is 132. The van der Waals surface area contributed by atoms with Crippen molar-refractivity contribution < 1.29 is 62.8 Å². The van der Waals surface area contributed by atoms with Gasteiger partial charge in [0.1, 0.15) is 0 Å². The van der Waals surface area contributed by atoms with Crippen molar-refractivity contribution in [2.45, 2.75) is 49.3 Å². The fraction of sp³-hybridized carbons (Fsp3) is 0.714. The van der Waals surface area contributed by atoms with Gasteiger partial charge in [0.25, 0.3) is 0 Å². The summed E-state index contributed by atoms with van der Waals surface area (Å²) in [5.74, 6) is -13.6. The van der Waals surface area contributed by atoms with Crippen LogP contribution in [0.15, 0.2) is 12.7 Å². The summed E-state index contributed by atoms with van der Waals surface area (Å²) in [6.07, 6.45) is -8.86. The molecule has 0 rings (SSSR count). The molecule has 1 unspecified atom stereocenters. The number of alkyl halides is 7. The van der Waals surface area contributed by atoms with Crippen LogP contribution in [-0.2, 0) is 29.2 Å². The van der Waals surface area contributed by atoms with E-state index < -0.39 is 64.6 Å². The summed E-state index contributed by atoms with van der Waals surface area (Å²) in [4.78, 5) is 23.2. The Morgan fingerprint density at radius 2 is 1.67 bits per heavy atom. The third-order valence-electron chi connectivity index (χ3n) is 3.30. The lowest BCUT2D eigenvalue weighted by atomic mass is 10.2. The van der Waals surface area contributed by atoms with Gasteiger partial charge in [-0.15, -0.1) is 0 Å². The minimum absolute atomic E-state index is 0.139. The highest BCUT2D eigenvalue weighted by Gasteiger charge is 2.66. The molecule has 16 heteroatoms. The lowest BCUT2D eigenvalue weighted by molar-refractivity contribution is -0.347. The van der Waals surface area contributed by atoms with Crippen molar-refractivity contribution in [3.05, 3.63) is 12.7 Å². The van der Waals surface area contributed by atoms with Crippen molar-refractivity contribution in [2.75, 3.05) is 13.2 Å². The first-order valence-corrected chi connectivity index (χ1v) is 9.36. The smallest absolute Gasteiger partial charge is 0.466 e. The Bertz CT molecular complexity index is 739. The number of nitrogens with one attached hydrogen (secondary N) is 1. The zero-order valence-electron chi connectivity index (χ0n) is 15.2. The molecule has 1 amide bonds. The van der Waals surface area contributed by atoms with Gasteiger partial charge >= 0.3 is 35.0 Å². The Balaban J connectivity index is 5.61. The van der Waals surface area contributed by atoms with Crippen LogP contribution in [0, 0.1) is 0 Å². The Morgan fingerprint density at radius 1 is 1.13 bits per heavy atom. The van der Waals surface area contributed by atoms with Crippen molar-refractivity contribution in [1.29, 1.82) is 0 Å². The first-order valence-electron chi connectivity index (χ1n) is 7.95. The molecule has 0 aliphatic rings. The van der Waals surface area contributed by atoms with E-state index in [0.29, 0.717) is 0 Å². The molecule has 0 fully saturated rings. The molecule has 8 nitrogen and oxygen atoms in total. The van der Waals surface area contributed by atoms with Crippen LogP contribution in [-0.4, -0.2) is 61.1 Å². The summed E-state index contributed by atoms with van der Waals surface area (Å²) in [6, 6.07) is 0. The van der Waals surface area contributed by atoms with Gasteiger partial charge in [0.2, 0.25) is 0 Å². The quantitative estimate of drug-likeness (QED) is 0.114. The van der Waals surface area contributed by atoms with E-state index in [1.54, 1.807) is 5.32 Å². The second-order valence-corrected chi connectivity index (χ2v) is 7.04. The van der Waals surface area contributed by atoms with Gasteiger partial charge < -0.3 is 19.3 Å². The topological polar surface area (TPSA) is 122 Å². The molecule has 0 spiro atoms. The molecule has 0 bridgehead atoms. The highest BCUT2D eigenvalue weighted by atomic mass is 32.2. The summed E-state index contributed by atoms with van der Waals surface area (Å²) in [7, 11) is -6.79. The maximum Gasteiger partial charge on any atom is 0.466 e. The largest absolute Gasteiger partial charge is 0.743 e. The molecule has 0 aliphatic carbocycles. The van der Waals surface area contributed by atoms with Gasteiger partial charge in [-0.1, -0.05) is 13.5 Å². The molecule has 0 aromatic rings. The molecule has 0 saturated heterocycles. The molecular weight excluding hydrogens is 459 g/mol. The van der Waals surface area contributed by atoms with Crippen LogP contribution < -0.4 is 5.32 Å². The molecule has 1 N–H and O–H groups in total. The van der Waals surface area contributed by atoms with Gasteiger partial charge in [0.15, 0.2) is 10.1 Å². The van der Waals surface area contributed by atoms with E-state index in [1.807, 2.05) is 0 Å². The standard InChI is InChI=1S/C14H18F7NO7S/c1-3-7-22-10(24)12(13(17,18)19,29-9(23)4-2)28-8-5-6-11(15,16)14(20,21)30(25,26)27/h4H,2-3,5-8H2,1H3,(H,22,24)(H,25,26,27)/p-1. The number of rotatable bonds is 12. The Labute approximate surface area is 166 Å². The third-order valence-corrected chi connectivity index (χ3v) is 4.23. The number of amides is 1. The number of ether oxygens (including phenoxy) is 2. The number of hydrogen-bond donors (Lipinski definition) is 1. The fourth-order valence-electron chi connectivity index (χ4n) is 1.79. The highest BCUT2D eigenvalue weighted by molar-refractivity contribution is 7.86. The summed E-state index contributed by atoms with van der Waals surface area (Å²) >= 11 is 0. The van der Waals surface area contributed by atoms with Gasteiger partial charge in [0, 0.05) is 19.0 Å². The number of esters is 1. The Morgan fingerprint density at radius 3 is 2.07 bits per heavy atom. The first kappa shape index (κ1) is 28.1. The van der Waals surface area contributed by atoms with E-state index in [9.17, 15) is 53.3 Å². The zero-order valence-corrected chi connectivity index (χ0v) is 16.0. The average Bonchev–Trinajstić information content (AvgIpc) is 2.59. The number of carbonyl (C=O) groups excluding carboxylic acids is 2. The molecule has 30 heavy (non-hydrogen) atoms. The SMILES string of the molecule is C=CC(=O)OC(OCCCC(F)(F)C(F)(F)S(=O)(=O)[O-])(C(=O)NCCC)C(F)(F)F. The van der Waals surface area contributed by atoms with E-state index in [-0.39, 0.29) is 19.0 Å². The zero-order chi connectivity index (χ0) is 24.0. The van der Waals surface area contributed by atoms with Gasteiger partial charge in [-0.2, -0.15) is 30.7 Å². The molecule has 0 radical (unpaired) electrons. The normalized spacial score (nSPS) is 15.2. The molecule has 0 heterocycles. The lowest BCUT2D eigenvalue weighted by Gasteiger charge is -2.33. The van der Waals surface area contributed by atoms with E-state index in [1.165, 1.54) is 6.92 Å². The van der Waals surface area contributed by atoms with Crippen molar-refractivity contribution in [1.82, 2.24) is 5.32 Å². The van der Waals surface area contributed by atoms with Crippen LogP contribution in [0.5, 0.6) is 0 Å². The maximum atomic E-state index is 13.5. The predicted octanol–water partition coefficient (Wildman–Crippen LogP) is 2.07. The predicted molar refractivity (Wildman–Crippen MR) is 83.2 cm³/mol. The van der Waals surface area contributed by atoms with E-state index in [2.05, 4.69) is 16.1 Å². The second kappa shape index (κ2) is 9.91. The molecule has 1 atom stereocenters. The molecular formula is C14H17F7NO7S-. The minimum atomic E-state index is -6.79. The van der Waals surface area contributed by atoms with Crippen LogP contribution in [0.25, 0.3) is 0 Å². The van der Waals surface area contributed by atoms with Crippen molar-refractivity contribution in [3.8, 4) is 0 Å². The van der Waals surface area contributed by atoms with Crippen molar-refractivity contribution in [2.24, 2.45) is 0 Å². The Kier molecular flexibility index (Phi) is 9.27. The van der Waals surface area contributed by atoms with Gasteiger partial charge in [0.05, 0.1) is 6.61 Å². The van der Waals surface area contributed by atoms with Gasteiger partial charge in [-0.25, -0.2) is 13.2 Å². The fourth-order valence-corrected chi connectivity index (χ4v) is 2.25. The van der Waals surface area contributed by atoms with Crippen LogP contribution in [0.4, 0.5) is 30.7 Å². The molecule has 0 aromatic carbocycles. The molecule has 176 valence electrons. The van der Waals surface area contributed by atoms with Gasteiger partial charge in [-0.05, 0) is 12.8 Å². The number of hydrogen-bond acceptors (Lipinski definition) is 7. The maximum absolute atomic E-state index is 13.5. The minimum Gasteiger partial charge on any atom is -0.743 e. The van der Waals surface area contributed by atoms with Crippen LogP contribution in [0.1, 0.15) is 26.2 Å². The van der Waals surface area contributed by atoms with Crippen LogP contribution in [0.2, 0.25) is 0 Å². The number of carbonyl (C=O) groups is 2. The summed E-state index contributed by atoms with van der Waals surface area (Å²) in [6.45, 7) is 2.43. The highest BCUT2D eigenvalue weighted by Crippen LogP contribution is 2.42. The monoisotopic (exact) mass is 476 g/mol. The summed E-state index contributed by atoms with van der Waals surface area (Å²) in [5, 5.41) is -4.32. The van der Waals surface area contributed by atoms with Crippen LogP contribution >= 0.6 is 0 Å².